The van der Waals surface area contributed by atoms with Crippen molar-refractivity contribution >= 4 is 54.0 Å². The Balaban J connectivity index is 2.81. The first-order valence-electron chi connectivity index (χ1n) is 6.92. The van der Waals surface area contributed by atoms with Gasteiger partial charge in [0.05, 0.1) is 0 Å². The van der Waals surface area contributed by atoms with Crippen LogP contribution in [0.3, 0.4) is 0 Å². The topological polar surface area (TPSA) is 27.7 Å². The number of halogens is 2. The molecule has 0 aliphatic heterocycles. The van der Waals surface area contributed by atoms with Crippen molar-refractivity contribution in [2.24, 2.45) is 0 Å². The van der Waals surface area contributed by atoms with Crippen LogP contribution in [0.2, 0.25) is 6.04 Å². The first-order valence-corrected chi connectivity index (χ1v) is 11.0. The molecule has 0 aromatic heterocycles. The quantitative estimate of drug-likeness (QED) is 0.355. The second kappa shape index (κ2) is 9.72. The summed E-state index contributed by atoms with van der Waals surface area (Å²) >= 11 is 4.73. The summed E-state index contributed by atoms with van der Waals surface area (Å²) < 4.78 is 20.2. The molecule has 114 valence electrons. The minimum atomic E-state index is -2.52. The molecule has 0 atom stereocenters. The minimum Gasteiger partial charge on any atom is -0.374 e. The number of hydrogen-bond acceptors (Lipinski definition) is 3. The zero-order chi connectivity index (χ0) is 15.0. The third-order valence-electron chi connectivity index (χ3n) is 2.80. The monoisotopic (exact) mass is 520 g/mol. The highest BCUT2D eigenvalue weighted by Crippen LogP contribution is 2.23. The summed E-state index contributed by atoms with van der Waals surface area (Å²) in [5.41, 5.74) is 1.34. The third-order valence-corrected chi connectivity index (χ3v) is 7.57. The van der Waals surface area contributed by atoms with Gasteiger partial charge in [0, 0.05) is 33.0 Å². The zero-order valence-corrected chi connectivity index (χ0v) is 17.6. The lowest BCUT2D eigenvalue weighted by atomic mass is 10.2. The van der Waals surface area contributed by atoms with Crippen LogP contribution >= 0.6 is 45.2 Å². The molecule has 0 fully saturated rings. The lowest BCUT2D eigenvalue weighted by Gasteiger charge is -2.28. The van der Waals surface area contributed by atoms with Gasteiger partial charge in [-0.1, -0.05) is 0 Å². The second-order valence-electron chi connectivity index (χ2n) is 4.22. The molecule has 3 nitrogen and oxygen atoms in total. The van der Waals surface area contributed by atoms with Crippen molar-refractivity contribution in [1.82, 2.24) is 0 Å². The number of rotatable bonds is 9. The van der Waals surface area contributed by atoms with E-state index in [0.29, 0.717) is 19.8 Å². The lowest BCUT2D eigenvalue weighted by Crippen LogP contribution is -2.46. The molecule has 0 aliphatic rings. The normalized spacial score (nSPS) is 11.8. The van der Waals surface area contributed by atoms with Crippen LogP contribution in [-0.2, 0) is 19.7 Å². The molecular formula is C14H22I2O3Si. The third kappa shape index (κ3) is 5.88. The highest BCUT2D eigenvalue weighted by molar-refractivity contribution is 14.1. The molecule has 0 aliphatic carbocycles. The van der Waals surface area contributed by atoms with Crippen LogP contribution in [0.15, 0.2) is 18.2 Å². The summed E-state index contributed by atoms with van der Waals surface area (Å²) in [7, 11) is -2.52. The van der Waals surface area contributed by atoms with Crippen molar-refractivity contribution in [3.05, 3.63) is 30.9 Å². The average Bonchev–Trinajstić information content (AvgIpc) is 2.41. The highest BCUT2D eigenvalue weighted by atomic mass is 127. The zero-order valence-electron chi connectivity index (χ0n) is 12.2. The molecule has 0 saturated carbocycles. The molecule has 0 amide bonds. The molecule has 0 bridgehead atoms. The second-order valence-corrected chi connectivity index (χ2v) is 9.36. The Hall–Kier alpha value is 0.777. The molecule has 0 spiro atoms. The van der Waals surface area contributed by atoms with E-state index < -0.39 is 8.80 Å². The smallest absolute Gasteiger partial charge is 0.374 e. The van der Waals surface area contributed by atoms with Crippen LogP contribution in [0.25, 0.3) is 0 Å². The Labute approximate surface area is 150 Å². The largest absolute Gasteiger partial charge is 0.501 e. The maximum Gasteiger partial charge on any atom is 0.501 e. The Bertz CT molecular complexity index is 398. The van der Waals surface area contributed by atoms with Gasteiger partial charge < -0.3 is 13.3 Å². The van der Waals surface area contributed by atoms with Crippen molar-refractivity contribution < 1.29 is 13.3 Å². The summed E-state index contributed by atoms with van der Waals surface area (Å²) in [6.45, 7) is 7.89. The maximum absolute atomic E-state index is 5.89. The number of aryl methyl sites for hydroxylation is 1. The molecule has 6 heteroatoms. The molecular weight excluding hydrogens is 498 g/mol. The molecule has 0 unspecified atom stereocenters. The fourth-order valence-corrected chi connectivity index (χ4v) is 5.76. The molecule has 1 aromatic rings. The Morgan fingerprint density at radius 3 is 2.00 bits per heavy atom. The van der Waals surface area contributed by atoms with Crippen LogP contribution in [0, 0.1) is 7.14 Å². The Kier molecular flexibility index (Phi) is 9.15. The SMILES string of the molecule is CCO[Si](CCc1cc(I)ccc1I)(OCC)OCC. The predicted octanol–water partition coefficient (Wildman–Crippen LogP) is 4.49. The van der Waals surface area contributed by atoms with E-state index in [9.17, 15) is 0 Å². The van der Waals surface area contributed by atoms with E-state index in [4.69, 9.17) is 13.3 Å². The van der Waals surface area contributed by atoms with Gasteiger partial charge in [0.2, 0.25) is 0 Å². The molecule has 0 saturated heterocycles. The summed E-state index contributed by atoms with van der Waals surface area (Å²) in [6, 6.07) is 7.34. The highest BCUT2D eigenvalue weighted by Gasteiger charge is 2.39. The van der Waals surface area contributed by atoms with Crippen LogP contribution in [0.4, 0.5) is 0 Å². The van der Waals surface area contributed by atoms with Crippen molar-refractivity contribution in [3.63, 3.8) is 0 Å². The Morgan fingerprint density at radius 1 is 0.950 bits per heavy atom. The summed E-state index contributed by atoms with van der Waals surface area (Å²) in [5, 5.41) is 0. The van der Waals surface area contributed by atoms with Gasteiger partial charge >= 0.3 is 8.80 Å². The van der Waals surface area contributed by atoms with Crippen molar-refractivity contribution in [1.29, 1.82) is 0 Å². The van der Waals surface area contributed by atoms with Gasteiger partial charge in [-0.3, -0.25) is 0 Å². The van der Waals surface area contributed by atoms with Crippen molar-refractivity contribution in [3.8, 4) is 0 Å². The van der Waals surface area contributed by atoms with Gasteiger partial charge in [0.25, 0.3) is 0 Å². The summed E-state index contributed by atoms with van der Waals surface area (Å²) in [5.74, 6) is 0. The molecule has 0 radical (unpaired) electrons. The first-order chi connectivity index (χ1) is 9.56. The number of benzene rings is 1. The van der Waals surface area contributed by atoms with Crippen molar-refractivity contribution in [2.75, 3.05) is 19.8 Å². The van der Waals surface area contributed by atoms with Gasteiger partial charge in [-0.25, -0.2) is 0 Å². The maximum atomic E-state index is 5.89. The average molecular weight is 520 g/mol. The van der Waals surface area contributed by atoms with E-state index >= 15 is 0 Å². The fraction of sp³-hybridized carbons (Fsp3) is 0.571. The van der Waals surface area contributed by atoms with E-state index in [-0.39, 0.29) is 0 Å². The summed E-state index contributed by atoms with van der Waals surface area (Å²) in [6.07, 6.45) is 0.932. The first kappa shape index (κ1) is 18.8. The van der Waals surface area contributed by atoms with Gasteiger partial charge in [-0.05, 0) is 96.1 Å². The van der Waals surface area contributed by atoms with E-state index in [2.05, 4.69) is 63.4 Å². The number of hydrogen-bond donors (Lipinski definition) is 0. The van der Waals surface area contributed by atoms with Gasteiger partial charge in [0.1, 0.15) is 0 Å². The minimum absolute atomic E-state index is 0.635. The molecule has 0 heterocycles. The molecule has 20 heavy (non-hydrogen) atoms. The van der Waals surface area contributed by atoms with Gasteiger partial charge in [-0.2, -0.15) is 0 Å². The predicted molar refractivity (Wildman–Crippen MR) is 101 cm³/mol. The van der Waals surface area contributed by atoms with Crippen LogP contribution in [0.5, 0.6) is 0 Å². The molecule has 0 N–H and O–H groups in total. The van der Waals surface area contributed by atoms with Crippen LogP contribution in [0.1, 0.15) is 26.3 Å². The van der Waals surface area contributed by atoms with E-state index in [1.54, 1.807) is 0 Å². The lowest BCUT2D eigenvalue weighted by molar-refractivity contribution is 0.0714. The van der Waals surface area contributed by atoms with E-state index in [0.717, 1.165) is 12.5 Å². The van der Waals surface area contributed by atoms with Crippen LogP contribution in [-0.4, -0.2) is 28.6 Å². The van der Waals surface area contributed by atoms with Crippen LogP contribution < -0.4 is 0 Å². The van der Waals surface area contributed by atoms with Gasteiger partial charge in [-0.15, -0.1) is 0 Å². The Morgan fingerprint density at radius 2 is 1.50 bits per heavy atom. The standard InChI is InChI=1S/C14H22I2O3Si/c1-4-17-20(18-5-2,19-6-3)10-9-12-11-13(15)7-8-14(12)16/h7-8,11H,4-6,9-10H2,1-3H3. The molecule has 1 rings (SSSR count). The van der Waals surface area contributed by atoms with Gasteiger partial charge in [0.15, 0.2) is 0 Å². The van der Waals surface area contributed by atoms with E-state index in [1.807, 2.05) is 20.8 Å². The summed E-state index contributed by atoms with van der Waals surface area (Å²) in [4.78, 5) is 0. The van der Waals surface area contributed by atoms with Crippen molar-refractivity contribution in [2.45, 2.75) is 33.2 Å². The molecule has 1 aromatic carbocycles. The fourth-order valence-electron chi connectivity index (χ4n) is 2.02. The van der Waals surface area contributed by atoms with E-state index in [1.165, 1.54) is 12.7 Å².